The summed E-state index contributed by atoms with van der Waals surface area (Å²) in [5.74, 6) is -2.40. The second kappa shape index (κ2) is 46.0. The molecule has 2 atom stereocenters. The molecule has 2 rings (SSSR count). The average Bonchev–Trinajstić information content (AvgIpc) is 4.36. The Kier molecular flexibility index (Phi) is 42.2. The predicted octanol–water partition coefficient (Wildman–Crippen LogP) is -0.853. The zero-order valence-corrected chi connectivity index (χ0v) is 50.2. The van der Waals surface area contributed by atoms with Gasteiger partial charge in [0.25, 0.3) is 0 Å². The number of carbonyl (C=O) groups is 10. The van der Waals surface area contributed by atoms with Gasteiger partial charge in [-0.1, -0.05) is 43.2 Å². The Labute approximate surface area is 486 Å². The molecule has 0 spiro atoms. The maximum Gasteiger partial charge on any atom is 0.407 e. The van der Waals surface area contributed by atoms with E-state index in [0.717, 1.165) is 45.2 Å². The van der Waals surface area contributed by atoms with Crippen molar-refractivity contribution in [1.82, 2.24) is 51.5 Å². The van der Waals surface area contributed by atoms with Crippen LogP contribution in [0.1, 0.15) is 89.9 Å². The Morgan fingerprint density at radius 3 is 1.15 bits per heavy atom. The summed E-state index contributed by atoms with van der Waals surface area (Å²) >= 11 is 0. The fourth-order valence-electron chi connectivity index (χ4n) is 7.17. The van der Waals surface area contributed by atoms with E-state index < -0.39 is 24.0 Å². The molecule has 460 valence electrons. The van der Waals surface area contributed by atoms with Gasteiger partial charge in [0.15, 0.2) is 0 Å². The first kappa shape index (κ1) is 73.5. The third kappa shape index (κ3) is 42.3. The molecule has 32 heteroatoms. The quantitative estimate of drug-likeness (QED) is 0.0201. The molecule has 2 aliphatic rings. The van der Waals surface area contributed by atoms with E-state index in [-0.39, 0.29) is 148 Å². The van der Waals surface area contributed by atoms with Crippen molar-refractivity contribution in [3.63, 3.8) is 0 Å². The molecule has 2 fully saturated rings. The van der Waals surface area contributed by atoms with Crippen molar-refractivity contribution in [3.05, 3.63) is 0 Å². The largest absolute Gasteiger partial charge is 0.447 e. The molecule has 0 aromatic carbocycles. The Balaban J connectivity index is 0.000000802. The van der Waals surface area contributed by atoms with Crippen LogP contribution in [0.5, 0.6) is 0 Å². The Morgan fingerprint density at radius 2 is 0.812 bits per heavy atom. The van der Waals surface area contributed by atoms with Gasteiger partial charge in [-0.05, 0) is 78.6 Å². The van der Waals surface area contributed by atoms with E-state index in [1.54, 1.807) is 43.2 Å². The van der Waals surface area contributed by atoms with Crippen LogP contribution in [0, 0.1) is 0 Å². The van der Waals surface area contributed by atoms with Gasteiger partial charge < -0.3 is 82.7 Å². The smallest absolute Gasteiger partial charge is 0.407 e. The van der Waals surface area contributed by atoms with E-state index in [1.807, 2.05) is 14.1 Å². The lowest BCUT2D eigenvalue weighted by Crippen LogP contribution is -2.41. The highest BCUT2D eigenvalue weighted by molar-refractivity contribution is 8.93. The van der Waals surface area contributed by atoms with E-state index >= 15 is 0 Å². The summed E-state index contributed by atoms with van der Waals surface area (Å²) in [5.41, 5.74) is 21.3. The van der Waals surface area contributed by atoms with Gasteiger partial charge in [0.2, 0.25) is 47.3 Å². The van der Waals surface area contributed by atoms with Crippen molar-refractivity contribution in [1.29, 1.82) is 0 Å². The number of amides is 10. The topological polar surface area (TPSA) is 397 Å². The van der Waals surface area contributed by atoms with E-state index in [4.69, 9.17) is 41.9 Å². The first-order valence-corrected chi connectivity index (χ1v) is 31.4. The Hall–Kier alpha value is -4.54. The van der Waals surface area contributed by atoms with Crippen LogP contribution < -0.4 is 54.8 Å². The van der Waals surface area contributed by atoms with Crippen molar-refractivity contribution in [3.8, 4) is 0 Å². The number of ether oxygens (including phenoxy) is 4. The predicted molar refractivity (Wildman–Crippen MR) is 310 cm³/mol. The maximum atomic E-state index is 12.7. The number of nitrogens with one attached hydrogen (secondary N) is 6. The van der Waals surface area contributed by atoms with Crippen LogP contribution in [-0.4, -0.2) is 234 Å². The van der Waals surface area contributed by atoms with Crippen LogP contribution >= 0.6 is 43.2 Å². The molecule has 0 aromatic rings. The number of hydrogen-bond acceptors (Lipinski definition) is 22. The van der Waals surface area contributed by atoms with E-state index in [0.29, 0.717) is 58.3 Å². The molecule has 0 saturated carbocycles. The van der Waals surface area contributed by atoms with Gasteiger partial charge >= 0.3 is 12.2 Å². The summed E-state index contributed by atoms with van der Waals surface area (Å²) in [5, 5.41) is 17.2. The first-order chi connectivity index (χ1) is 38.2. The van der Waals surface area contributed by atoms with Crippen LogP contribution in [0.2, 0.25) is 0 Å². The van der Waals surface area contributed by atoms with Crippen LogP contribution in [0.15, 0.2) is 0 Å². The number of unbranched alkanes of at least 4 members (excludes halogenated alkanes) is 2. The minimum absolute atomic E-state index is 0.0157. The molecule has 0 aliphatic carbocycles. The highest BCUT2D eigenvalue weighted by atomic mass is 33.2. The summed E-state index contributed by atoms with van der Waals surface area (Å²) in [7, 11) is 13.7. The summed E-state index contributed by atoms with van der Waals surface area (Å²) < 4.78 is 19.8. The van der Waals surface area contributed by atoms with Crippen LogP contribution in [0.4, 0.5) is 9.59 Å². The number of primary amides is 4. The molecule has 80 heavy (non-hydrogen) atoms. The van der Waals surface area contributed by atoms with Gasteiger partial charge in [0.05, 0.1) is 25.3 Å². The van der Waals surface area contributed by atoms with Gasteiger partial charge in [-0.2, -0.15) is 0 Å². The number of nitrogens with two attached hydrogens (primary N) is 4. The summed E-state index contributed by atoms with van der Waals surface area (Å²) in [4.78, 5) is 125. The summed E-state index contributed by atoms with van der Waals surface area (Å²) in [6, 6.07) is -0.609. The zero-order valence-electron chi connectivity index (χ0n) is 47.0. The Bertz CT molecular complexity index is 1740. The number of methoxy groups -OCH3 is 2. The van der Waals surface area contributed by atoms with Crippen molar-refractivity contribution >= 4 is 103 Å². The Morgan fingerprint density at radius 1 is 0.438 bits per heavy atom. The van der Waals surface area contributed by atoms with Crippen molar-refractivity contribution in [2.45, 2.75) is 111 Å². The van der Waals surface area contributed by atoms with Crippen molar-refractivity contribution in [2.24, 2.45) is 22.9 Å². The minimum Gasteiger partial charge on any atom is -0.447 e. The SMILES string of the molecule is CN(CCCN(C)CCC(=O)NCCCC[C@H](NC1SS1)C(N)=O)CCC(=O)NCCCC[C@H](NC1SS1)C(N)=O.COCCOC(=O)NCCC(=O)N(CCCN(CCC(N)=O)C(=O)CCNC(=O)OCCOC)CCC(N)=O. The lowest BCUT2D eigenvalue weighted by Gasteiger charge is -2.26. The molecule has 28 nitrogen and oxygen atoms in total. The molecule has 0 aromatic heterocycles. The lowest BCUT2D eigenvalue weighted by atomic mass is 10.1. The van der Waals surface area contributed by atoms with E-state index in [2.05, 4.69) is 41.7 Å². The average molecular weight is 1220 g/mol. The van der Waals surface area contributed by atoms with Gasteiger partial charge in [-0.15, -0.1) is 0 Å². The molecule has 0 radical (unpaired) electrons. The molecule has 2 heterocycles. The number of rotatable bonds is 48. The van der Waals surface area contributed by atoms with Gasteiger partial charge in [-0.25, -0.2) is 9.59 Å². The third-order valence-electron chi connectivity index (χ3n) is 11.8. The normalized spacial score (nSPS) is 13.5. The van der Waals surface area contributed by atoms with E-state index in [1.165, 1.54) is 24.0 Å². The van der Waals surface area contributed by atoms with Crippen LogP contribution in [0.25, 0.3) is 0 Å². The number of hydrogen-bond donors (Lipinski definition) is 10. The van der Waals surface area contributed by atoms with E-state index in [9.17, 15) is 47.9 Å². The standard InChI is InChI=1S/C25H48N8O4S4.C23H42N6O10/c1-32(16-10-20(34)28-12-5-3-8-18(22(26)36)30-24-38-39-24)14-7-15-33(2)17-11-21(35)29-13-6-4-9-19(23(27)37)31-25-40-41-25;1-36-14-16-38-22(34)26-8-4-20(32)28(12-6-18(24)30)10-3-11-29(13-7-19(25)31)21(33)5-9-27-23(35)39-17-15-37-2/h18-19,24-25,30-31H,3-17H2,1-2H3,(H2,26,36)(H2,27,37)(H,28,34)(H,29,35);3-17H2,1-2H3,(H2,24,30)(H2,25,31)(H,26,34)(H,27,35)/t18-,19-;/m0./s1. The number of carbonyl (C=O) groups excluding carboxylic acids is 10. The molecule has 0 bridgehead atoms. The van der Waals surface area contributed by atoms with Crippen molar-refractivity contribution < 1.29 is 66.9 Å². The van der Waals surface area contributed by atoms with Gasteiger partial charge in [-0.3, -0.25) is 49.0 Å². The highest BCUT2D eigenvalue weighted by Gasteiger charge is 2.30. The van der Waals surface area contributed by atoms with Gasteiger partial charge in [0, 0.05) is 118 Å². The second-order valence-corrected chi connectivity index (χ2v) is 24.2. The number of nitrogens with zero attached hydrogens (tertiary/aromatic N) is 4. The van der Waals surface area contributed by atoms with Crippen LogP contribution in [0.3, 0.4) is 0 Å². The fraction of sp³-hybridized carbons (Fsp3) is 0.792. The fourth-order valence-corrected chi connectivity index (χ4v) is 9.16. The lowest BCUT2D eigenvalue weighted by molar-refractivity contribution is -0.132. The summed E-state index contributed by atoms with van der Waals surface area (Å²) in [6.07, 6.45) is 5.24. The first-order valence-electron chi connectivity index (χ1n) is 26.8. The zero-order chi connectivity index (χ0) is 59.5. The molecule has 0 unspecified atom stereocenters. The molecule has 14 N–H and O–H groups in total. The third-order valence-corrected chi connectivity index (χ3v) is 15.4. The molecular weight excluding hydrogens is 1120 g/mol. The van der Waals surface area contributed by atoms with Crippen LogP contribution in [-0.2, 0) is 57.3 Å². The molecule has 10 amide bonds. The van der Waals surface area contributed by atoms with Gasteiger partial charge in [0.1, 0.15) is 22.6 Å². The highest BCUT2D eigenvalue weighted by Crippen LogP contribution is 2.51. The number of alkyl carbamates (subject to hydrolysis) is 2. The maximum absolute atomic E-state index is 12.7. The second-order valence-electron chi connectivity index (χ2n) is 18.6. The molecular formula is C48H90N14O14S4. The van der Waals surface area contributed by atoms with Crippen molar-refractivity contribution in [2.75, 3.05) is 133 Å². The summed E-state index contributed by atoms with van der Waals surface area (Å²) in [6.45, 7) is 5.51. The molecule has 2 aliphatic heterocycles. The molecule has 2 saturated heterocycles. The monoisotopic (exact) mass is 1210 g/mol. The minimum atomic E-state index is -0.690.